The number of fused-ring (bicyclic) bond motifs is 1. The lowest BCUT2D eigenvalue weighted by Crippen LogP contribution is -2.34. The minimum atomic E-state index is -0.291. The molecule has 6 heteroatoms. The number of carbonyl (C=O) groups is 1. The molecule has 2 aromatic rings. The average Bonchev–Trinajstić information content (AvgIpc) is 2.84. The fourth-order valence-corrected chi connectivity index (χ4v) is 3.35. The molecule has 22 heavy (non-hydrogen) atoms. The first-order valence-corrected chi connectivity index (χ1v) is 8.15. The van der Waals surface area contributed by atoms with Crippen LogP contribution < -0.4 is 20.2 Å². The van der Waals surface area contributed by atoms with Gasteiger partial charge in [0.2, 0.25) is 5.91 Å². The molecule has 1 N–H and O–H groups in total. The van der Waals surface area contributed by atoms with Crippen molar-refractivity contribution < 1.29 is 4.79 Å². The third kappa shape index (κ3) is 3.01. The molecule has 1 aromatic heterocycles. The second-order valence-corrected chi connectivity index (χ2v) is 6.13. The molecule has 1 aromatic carbocycles. The lowest BCUT2D eigenvalue weighted by Gasteiger charge is -2.03. The summed E-state index contributed by atoms with van der Waals surface area (Å²) in [6, 6.07) is 7.69. The summed E-state index contributed by atoms with van der Waals surface area (Å²) in [6.45, 7) is 3.51. The Morgan fingerprint density at radius 3 is 2.86 bits per heavy atom. The molecule has 3 rings (SSSR count). The number of rotatable bonds is 3. The summed E-state index contributed by atoms with van der Waals surface area (Å²) >= 11 is 1.27. The van der Waals surface area contributed by atoms with Crippen LogP contribution in [0.3, 0.4) is 0 Å². The molecule has 0 saturated carbocycles. The topological polar surface area (TPSA) is 63.5 Å². The molecule has 2 heterocycles. The first-order valence-electron chi connectivity index (χ1n) is 7.33. The van der Waals surface area contributed by atoms with Gasteiger partial charge in [-0.25, -0.2) is 0 Å². The predicted octanol–water partition coefficient (Wildman–Crippen LogP) is 0.915. The van der Waals surface area contributed by atoms with Crippen molar-refractivity contribution >= 4 is 29.0 Å². The van der Waals surface area contributed by atoms with Crippen molar-refractivity contribution in [2.45, 2.75) is 26.3 Å². The molecule has 0 saturated heterocycles. The standard InChI is InChI=1S/C16H17N3O2S/c1-2-11-4-6-12(7-5-11)18-14(20)10-13-15(21)19-9-3-8-17-16(19)22-13/h4-7,10H,2-3,8-9H2,1H3,(H,18,20)/b13-10+. The lowest BCUT2D eigenvalue weighted by atomic mass is 10.1. The van der Waals surface area contributed by atoms with Gasteiger partial charge in [0.15, 0.2) is 4.80 Å². The number of amides is 1. The molecule has 0 bridgehead atoms. The van der Waals surface area contributed by atoms with Crippen molar-refractivity contribution in [3.05, 3.63) is 49.5 Å². The lowest BCUT2D eigenvalue weighted by molar-refractivity contribution is -0.110. The first-order chi connectivity index (χ1) is 10.7. The van der Waals surface area contributed by atoms with Gasteiger partial charge in [-0.05, 0) is 30.5 Å². The maximum Gasteiger partial charge on any atom is 0.270 e. The second-order valence-electron chi connectivity index (χ2n) is 5.13. The highest BCUT2D eigenvalue weighted by Gasteiger charge is 2.09. The number of thiazole rings is 1. The minimum absolute atomic E-state index is 0.125. The van der Waals surface area contributed by atoms with Gasteiger partial charge in [-0.1, -0.05) is 30.4 Å². The third-order valence-corrected chi connectivity index (χ3v) is 4.61. The predicted molar refractivity (Wildman–Crippen MR) is 87.8 cm³/mol. The number of aromatic nitrogens is 1. The number of anilines is 1. The van der Waals surface area contributed by atoms with E-state index in [9.17, 15) is 9.59 Å². The van der Waals surface area contributed by atoms with Gasteiger partial charge >= 0.3 is 0 Å². The number of hydrogen-bond acceptors (Lipinski definition) is 4. The molecule has 0 radical (unpaired) electrons. The zero-order chi connectivity index (χ0) is 15.5. The Hall–Kier alpha value is -2.21. The first kappa shape index (κ1) is 14.7. The largest absolute Gasteiger partial charge is 0.322 e. The highest BCUT2D eigenvalue weighted by atomic mass is 32.1. The average molecular weight is 315 g/mol. The summed E-state index contributed by atoms with van der Waals surface area (Å²) in [5.41, 5.74) is 1.82. The highest BCUT2D eigenvalue weighted by Crippen LogP contribution is 2.09. The molecule has 1 amide bonds. The third-order valence-electron chi connectivity index (χ3n) is 3.57. The van der Waals surface area contributed by atoms with Crippen LogP contribution in [0.15, 0.2) is 34.1 Å². The molecule has 0 atom stereocenters. The van der Waals surface area contributed by atoms with Crippen LogP contribution in [-0.4, -0.2) is 17.0 Å². The van der Waals surface area contributed by atoms with Gasteiger partial charge in [0.1, 0.15) is 4.53 Å². The monoisotopic (exact) mass is 315 g/mol. The Bertz CT molecular complexity index is 862. The molecule has 0 aliphatic carbocycles. The van der Waals surface area contributed by atoms with Crippen molar-refractivity contribution in [2.75, 3.05) is 11.9 Å². The Kier molecular flexibility index (Phi) is 4.20. The van der Waals surface area contributed by atoms with Crippen LogP contribution in [0.4, 0.5) is 5.69 Å². The SMILES string of the molecule is CCc1ccc(NC(=O)/C=c2/sc3n(c2=O)CCCN=3)cc1. The van der Waals surface area contributed by atoms with Crippen LogP contribution in [-0.2, 0) is 17.8 Å². The van der Waals surface area contributed by atoms with E-state index in [2.05, 4.69) is 17.2 Å². The van der Waals surface area contributed by atoms with E-state index in [-0.39, 0.29) is 11.5 Å². The summed E-state index contributed by atoms with van der Waals surface area (Å²) < 4.78 is 2.08. The fraction of sp³-hybridized carbons (Fsp3) is 0.312. The van der Waals surface area contributed by atoms with Gasteiger partial charge in [-0.3, -0.25) is 19.1 Å². The normalized spacial score (nSPS) is 14.3. The zero-order valence-corrected chi connectivity index (χ0v) is 13.2. The fourth-order valence-electron chi connectivity index (χ4n) is 2.35. The number of nitrogens with one attached hydrogen (secondary N) is 1. The number of hydrogen-bond donors (Lipinski definition) is 1. The maximum absolute atomic E-state index is 12.2. The van der Waals surface area contributed by atoms with E-state index in [1.54, 1.807) is 4.57 Å². The van der Waals surface area contributed by atoms with Crippen molar-refractivity contribution in [2.24, 2.45) is 4.99 Å². The molecule has 0 fully saturated rings. The zero-order valence-electron chi connectivity index (χ0n) is 12.3. The van der Waals surface area contributed by atoms with Gasteiger partial charge in [-0.2, -0.15) is 0 Å². The van der Waals surface area contributed by atoms with Crippen LogP contribution in [0.5, 0.6) is 0 Å². The second kappa shape index (κ2) is 6.27. The molecule has 114 valence electrons. The van der Waals surface area contributed by atoms with Crippen molar-refractivity contribution in [3.8, 4) is 0 Å². The van der Waals surface area contributed by atoms with Crippen molar-refractivity contribution in [1.29, 1.82) is 0 Å². The molecular formula is C16H17N3O2S. The van der Waals surface area contributed by atoms with Gasteiger partial charge in [0, 0.05) is 24.9 Å². The van der Waals surface area contributed by atoms with E-state index in [1.165, 1.54) is 23.0 Å². The number of carbonyl (C=O) groups excluding carboxylic acids is 1. The Balaban J connectivity index is 1.84. The van der Waals surface area contributed by atoms with Gasteiger partial charge in [0.05, 0.1) is 0 Å². The van der Waals surface area contributed by atoms with Crippen LogP contribution in [0, 0.1) is 0 Å². The van der Waals surface area contributed by atoms with Crippen LogP contribution in [0.25, 0.3) is 6.08 Å². The smallest absolute Gasteiger partial charge is 0.270 e. The van der Waals surface area contributed by atoms with E-state index in [0.29, 0.717) is 15.9 Å². The van der Waals surface area contributed by atoms with Crippen molar-refractivity contribution in [1.82, 2.24) is 4.57 Å². The molecule has 0 spiro atoms. The summed E-state index contributed by atoms with van der Waals surface area (Å²) in [4.78, 5) is 29.3. The van der Waals surface area contributed by atoms with E-state index >= 15 is 0 Å². The molecule has 1 aliphatic heterocycles. The van der Waals surface area contributed by atoms with Gasteiger partial charge in [0.25, 0.3) is 5.56 Å². The molecule has 1 aliphatic rings. The van der Waals surface area contributed by atoms with E-state index in [0.717, 1.165) is 25.1 Å². The highest BCUT2D eigenvalue weighted by molar-refractivity contribution is 7.07. The van der Waals surface area contributed by atoms with Crippen LogP contribution in [0.2, 0.25) is 0 Å². The van der Waals surface area contributed by atoms with E-state index in [1.807, 2.05) is 24.3 Å². The summed E-state index contributed by atoms with van der Waals surface area (Å²) in [6.07, 6.45) is 3.20. The summed E-state index contributed by atoms with van der Waals surface area (Å²) in [5, 5.41) is 2.78. The number of nitrogens with zero attached hydrogens (tertiary/aromatic N) is 2. The maximum atomic E-state index is 12.2. The Labute approximate surface area is 131 Å². The van der Waals surface area contributed by atoms with Crippen molar-refractivity contribution in [3.63, 3.8) is 0 Å². The van der Waals surface area contributed by atoms with Gasteiger partial charge in [-0.15, -0.1) is 0 Å². The number of benzene rings is 1. The molecule has 5 nitrogen and oxygen atoms in total. The Morgan fingerprint density at radius 1 is 1.41 bits per heavy atom. The van der Waals surface area contributed by atoms with E-state index in [4.69, 9.17) is 0 Å². The molecule has 0 unspecified atom stereocenters. The summed E-state index contributed by atoms with van der Waals surface area (Å²) in [7, 11) is 0. The quantitative estimate of drug-likeness (QED) is 0.915. The summed E-state index contributed by atoms with van der Waals surface area (Å²) in [5.74, 6) is -0.291. The van der Waals surface area contributed by atoms with Crippen LogP contribution >= 0.6 is 11.3 Å². The number of aryl methyl sites for hydroxylation is 1. The van der Waals surface area contributed by atoms with Crippen LogP contribution in [0.1, 0.15) is 18.9 Å². The minimum Gasteiger partial charge on any atom is -0.322 e. The van der Waals surface area contributed by atoms with E-state index < -0.39 is 0 Å². The molecular weight excluding hydrogens is 298 g/mol. The van der Waals surface area contributed by atoms with Gasteiger partial charge < -0.3 is 5.32 Å². The Morgan fingerprint density at radius 2 is 2.18 bits per heavy atom.